The summed E-state index contributed by atoms with van der Waals surface area (Å²) in [4.78, 5) is 23.4. The Balaban J connectivity index is 5.03. The molecule has 0 bridgehead atoms. The van der Waals surface area contributed by atoms with Gasteiger partial charge in [-0.25, -0.2) is 4.79 Å². The third-order valence-electron chi connectivity index (χ3n) is 3.26. The summed E-state index contributed by atoms with van der Waals surface area (Å²) in [5, 5.41) is 23.9. The number of aliphatic carboxylic acids is 1. The quantitative estimate of drug-likeness (QED) is 0.467. The van der Waals surface area contributed by atoms with E-state index in [-0.39, 0.29) is 22.4 Å². The predicted molar refractivity (Wildman–Crippen MR) is 94.0 cm³/mol. The zero-order valence-corrected chi connectivity index (χ0v) is 15.9. The molecule has 1 amide bonds. The molecule has 0 saturated carbocycles. The monoisotopic (exact) mass is 337 g/mol. The number of nitrogens with one attached hydrogen (secondary N) is 2. The zero-order chi connectivity index (χ0) is 19.1. The summed E-state index contributed by atoms with van der Waals surface area (Å²) < 4.78 is 0. The second-order valence-corrected chi connectivity index (χ2v) is 8.43. The largest absolute Gasteiger partial charge is 0.480 e. The fourth-order valence-electron chi connectivity index (χ4n) is 2.72. The van der Waals surface area contributed by atoms with Gasteiger partial charge in [0.05, 0.1) is 0 Å². The lowest BCUT2D eigenvalue weighted by molar-refractivity contribution is -0.141. The zero-order valence-electron chi connectivity index (χ0n) is 15.9. The van der Waals surface area contributed by atoms with Crippen LogP contribution in [0.1, 0.15) is 61.3 Å². The van der Waals surface area contributed by atoms with Crippen molar-refractivity contribution in [2.45, 2.75) is 72.9 Å². The number of nitriles is 1. The van der Waals surface area contributed by atoms with Crippen LogP contribution in [-0.2, 0) is 9.59 Å². The molecule has 0 aliphatic carbocycles. The molecule has 24 heavy (non-hydrogen) atoms. The van der Waals surface area contributed by atoms with Gasteiger partial charge in [0.2, 0.25) is 0 Å². The molecular weight excluding hydrogens is 306 g/mol. The maximum Gasteiger partial charge on any atom is 0.326 e. The first kappa shape index (κ1) is 22.0. The minimum atomic E-state index is -1.10. The number of hydrogen-bond donors (Lipinski definition) is 3. The lowest BCUT2D eigenvalue weighted by Gasteiger charge is -2.33. The predicted octanol–water partition coefficient (Wildman–Crippen LogP) is 2.81. The van der Waals surface area contributed by atoms with Gasteiger partial charge in [0.15, 0.2) is 0 Å². The Labute approximate surface area is 145 Å². The summed E-state index contributed by atoms with van der Waals surface area (Å²) in [6.07, 6.45) is 2.51. The molecule has 0 aliphatic heterocycles. The van der Waals surface area contributed by atoms with Gasteiger partial charge < -0.3 is 15.7 Å². The van der Waals surface area contributed by atoms with Crippen molar-refractivity contribution >= 4 is 11.9 Å². The van der Waals surface area contributed by atoms with Gasteiger partial charge in [-0.2, -0.15) is 5.26 Å². The number of amides is 1. The number of nitrogens with zero attached hydrogens (tertiary/aromatic N) is 1. The molecule has 0 radical (unpaired) electrons. The molecule has 0 saturated heterocycles. The maximum absolute atomic E-state index is 12.2. The molecule has 0 heterocycles. The summed E-state index contributed by atoms with van der Waals surface area (Å²) in [5.74, 6) is -1.66. The average molecular weight is 337 g/mol. The van der Waals surface area contributed by atoms with Crippen LogP contribution in [0.25, 0.3) is 0 Å². The molecule has 3 N–H and O–H groups in total. The highest BCUT2D eigenvalue weighted by Gasteiger charge is 2.26. The van der Waals surface area contributed by atoms with Crippen LogP contribution < -0.4 is 10.6 Å². The Morgan fingerprint density at radius 1 is 1.21 bits per heavy atom. The van der Waals surface area contributed by atoms with Crippen molar-refractivity contribution < 1.29 is 14.7 Å². The highest BCUT2D eigenvalue weighted by Crippen LogP contribution is 2.26. The standard InChI is InChI=1S/C18H31N3O3/c1-12(2)8-14(16(23)24)21-15(22)13(9-19)10-20-18(6,7)11-17(3,4)5/h10,12,14,20H,8,11H2,1-7H3,(H,21,22)(H,23,24)/b13-10-. The maximum atomic E-state index is 12.2. The fraction of sp³-hybridized carbons (Fsp3) is 0.722. The van der Waals surface area contributed by atoms with Crippen molar-refractivity contribution in [3.63, 3.8) is 0 Å². The van der Waals surface area contributed by atoms with E-state index in [0.29, 0.717) is 6.42 Å². The molecule has 1 atom stereocenters. The Bertz CT molecular complexity index is 523. The summed E-state index contributed by atoms with van der Waals surface area (Å²) in [7, 11) is 0. The molecule has 0 spiro atoms. The van der Waals surface area contributed by atoms with Crippen molar-refractivity contribution in [2.75, 3.05) is 0 Å². The van der Waals surface area contributed by atoms with Gasteiger partial charge in [-0.1, -0.05) is 34.6 Å². The molecule has 6 nitrogen and oxygen atoms in total. The molecule has 0 fully saturated rings. The van der Waals surface area contributed by atoms with Gasteiger partial charge in [0.25, 0.3) is 5.91 Å². The molecule has 0 aromatic rings. The Morgan fingerprint density at radius 2 is 1.75 bits per heavy atom. The Morgan fingerprint density at radius 3 is 2.12 bits per heavy atom. The van der Waals surface area contributed by atoms with E-state index in [9.17, 15) is 20.0 Å². The number of carbonyl (C=O) groups is 2. The summed E-state index contributed by atoms with van der Waals surface area (Å²) >= 11 is 0. The van der Waals surface area contributed by atoms with Crippen molar-refractivity contribution in [3.8, 4) is 6.07 Å². The number of carboxylic acid groups (broad SMARTS) is 1. The van der Waals surface area contributed by atoms with E-state index in [1.807, 2.05) is 33.8 Å². The Hall–Kier alpha value is -2.03. The molecule has 6 heteroatoms. The van der Waals surface area contributed by atoms with Crippen LogP contribution in [0, 0.1) is 22.7 Å². The lowest BCUT2D eigenvalue weighted by atomic mass is 9.82. The summed E-state index contributed by atoms with van der Waals surface area (Å²) in [5.41, 5.74) is -0.345. The van der Waals surface area contributed by atoms with Crippen molar-refractivity contribution in [1.82, 2.24) is 10.6 Å². The van der Waals surface area contributed by atoms with Crippen LogP contribution in [0.5, 0.6) is 0 Å². The van der Waals surface area contributed by atoms with E-state index in [2.05, 4.69) is 31.4 Å². The van der Waals surface area contributed by atoms with E-state index in [1.54, 1.807) is 0 Å². The normalized spacial score (nSPS) is 14.0. The lowest BCUT2D eigenvalue weighted by Crippen LogP contribution is -2.43. The smallest absolute Gasteiger partial charge is 0.326 e. The van der Waals surface area contributed by atoms with E-state index < -0.39 is 17.9 Å². The first-order valence-corrected chi connectivity index (χ1v) is 8.19. The molecule has 0 aliphatic rings. The summed E-state index contributed by atoms with van der Waals surface area (Å²) in [6.45, 7) is 14.1. The van der Waals surface area contributed by atoms with Gasteiger partial charge >= 0.3 is 5.97 Å². The van der Waals surface area contributed by atoms with Crippen LogP contribution in [-0.4, -0.2) is 28.6 Å². The van der Waals surface area contributed by atoms with E-state index in [4.69, 9.17) is 0 Å². The average Bonchev–Trinajstić information content (AvgIpc) is 2.34. The SMILES string of the molecule is CC(C)CC(NC(=O)/C(C#N)=C\NC(C)(C)CC(C)(C)C)C(=O)O. The van der Waals surface area contributed by atoms with Gasteiger partial charge in [0, 0.05) is 11.7 Å². The summed E-state index contributed by atoms with van der Waals surface area (Å²) in [6, 6.07) is 0.826. The third-order valence-corrected chi connectivity index (χ3v) is 3.26. The van der Waals surface area contributed by atoms with Crippen LogP contribution in [0.2, 0.25) is 0 Å². The second-order valence-electron chi connectivity index (χ2n) is 8.43. The topological polar surface area (TPSA) is 102 Å². The van der Waals surface area contributed by atoms with Crippen LogP contribution in [0.3, 0.4) is 0 Å². The van der Waals surface area contributed by atoms with Crippen LogP contribution in [0.4, 0.5) is 0 Å². The number of hydrogen-bond acceptors (Lipinski definition) is 4. The van der Waals surface area contributed by atoms with Crippen molar-refractivity contribution in [2.24, 2.45) is 11.3 Å². The highest BCUT2D eigenvalue weighted by molar-refractivity contribution is 5.99. The fourth-order valence-corrected chi connectivity index (χ4v) is 2.72. The van der Waals surface area contributed by atoms with E-state index >= 15 is 0 Å². The van der Waals surface area contributed by atoms with Gasteiger partial charge in [-0.3, -0.25) is 4.79 Å². The molecular formula is C18H31N3O3. The molecule has 0 rings (SSSR count). The molecule has 136 valence electrons. The highest BCUT2D eigenvalue weighted by atomic mass is 16.4. The minimum absolute atomic E-state index is 0.0884. The second kappa shape index (κ2) is 8.72. The molecule has 1 unspecified atom stereocenters. The number of carboxylic acids is 1. The number of rotatable bonds is 8. The third kappa shape index (κ3) is 9.19. The molecule has 0 aromatic carbocycles. The van der Waals surface area contributed by atoms with Crippen molar-refractivity contribution in [1.29, 1.82) is 5.26 Å². The van der Waals surface area contributed by atoms with Crippen molar-refractivity contribution in [3.05, 3.63) is 11.8 Å². The van der Waals surface area contributed by atoms with E-state index in [1.165, 1.54) is 6.20 Å². The van der Waals surface area contributed by atoms with Crippen LogP contribution in [0.15, 0.2) is 11.8 Å². The Kier molecular flexibility index (Phi) is 7.98. The van der Waals surface area contributed by atoms with Crippen LogP contribution >= 0.6 is 0 Å². The van der Waals surface area contributed by atoms with Gasteiger partial charge in [-0.15, -0.1) is 0 Å². The molecule has 0 aromatic heterocycles. The van der Waals surface area contributed by atoms with E-state index in [0.717, 1.165) is 6.42 Å². The number of carbonyl (C=O) groups excluding carboxylic acids is 1. The minimum Gasteiger partial charge on any atom is -0.480 e. The first-order chi connectivity index (χ1) is 10.8. The van der Waals surface area contributed by atoms with Gasteiger partial charge in [-0.05, 0) is 38.0 Å². The van der Waals surface area contributed by atoms with Gasteiger partial charge in [0.1, 0.15) is 17.7 Å². The first-order valence-electron chi connectivity index (χ1n) is 8.19.